The lowest BCUT2D eigenvalue weighted by atomic mass is 9.51. The first-order chi connectivity index (χ1) is 26.8. The highest BCUT2D eigenvalue weighted by molar-refractivity contribution is 5.94. The van der Waals surface area contributed by atoms with Gasteiger partial charge in [-0.1, -0.05) is 200 Å². The molecule has 2 aliphatic carbocycles. The molecule has 54 heavy (non-hydrogen) atoms. The standard InChI is InChI=1S/C53H35N/c1-3-16-40(17-4-1)52(42-33-31-37(32-34-42)36-27-29-38(30-28-36)43-21-11-14-39-15-13-35-54-51(39)43)47-24-9-10-25-48(47)53(41-18-5-2-6-19-41)46-23-8-7-20-44(46)45-22-12-26-49(52)50(45)53/h1-35H. The van der Waals surface area contributed by atoms with Crippen LogP contribution in [-0.4, -0.2) is 4.98 Å². The molecule has 0 N–H and O–H groups in total. The highest BCUT2D eigenvalue weighted by Crippen LogP contribution is 2.65. The molecular weight excluding hydrogens is 651 g/mol. The number of para-hydroxylation sites is 1. The SMILES string of the molecule is c1ccc(C2(c3ccc(-c4ccc(-c5cccc6cccnc56)cc4)cc3)c3ccccc3C3(c4ccccc4)c4ccccc4-c4cccc2c43)cc1. The number of hydrogen-bond acceptors (Lipinski definition) is 1. The van der Waals surface area contributed by atoms with E-state index in [0.29, 0.717) is 0 Å². The summed E-state index contributed by atoms with van der Waals surface area (Å²) in [4.78, 5) is 4.70. The van der Waals surface area contributed by atoms with Crippen LogP contribution in [0.2, 0.25) is 0 Å². The maximum Gasteiger partial charge on any atom is 0.0780 e. The lowest BCUT2D eigenvalue weighted by molar-refractivity contribution is 0.627. The molecule has 0 bridgehead atoms. The fourth-order valence-electron chi connectivity index (χ4n) is 9.95. The van der Waals surface area contributed by atoms with Gasteiger partial charge in [0.2, 0.25) is 0 Å². The summed E-state index contributed by atoms with van der Waals surface area (Å²) in [5, 5.41) is 1.15. The molecule has 1 heteroatoms. The Kier molecular flexibility index (Phi) is 6.75. The molecule has 252 valence electrons. The van der Waals surface area contributed by atoms with Crippen LogP contribution in [0, 0.1) is 0 Å². The van der Waals surface area contributed by atoms with Gasteiger partial charge in [0.15, 0.2) is 0 Å². The van der Waals surface area contributed by atoms with Crippen LogP contribution in [0.3, 0.4) is 0 Å². The van der Waals surface area contributed by atoms with Crippen molar-refractivity contribution < 1.29 is 0 Å². The van der Waals surface area contributed by atoms with Gasteiger partial charge in [-0.25, -0.2) is 0 Å². The smallest absolute Gasteiger partial charge is 0.0780 e. The molecule has 0 saturated heterocycles. The van der Waals surface area contributed by atoms with Crippen molar-refractivity contribution in [2.24, 2.45) is 0 Å². The van der Waals surface area contributed by atoms with Crippen molar-refractivity contribution in [2.45, 2.75) is 10.8 Å². The highest BCUT2D eigenvalue weighted by Gasteiger charge is 2.57. The summed E-state index contributed by atoms with van der Waals surface area (Å²) in [6.45, 7) is 0. The van der Waals surface area contributed by atoms with Crippen LogP contribution in [0.25, 0.3) is 44.3 Å². The number of pyridine rings is 1. The molecule has 2 aliphatic rings. The largest absolute Gasteiger partial charge is 0.256 e. The zero-order chi connectivity index (χ0) is 35.7. The van der Waals surface area contributed by atoms with Crippen molar-refractivity contribution in [3.05, 3.63) is 257 Å². The van der Waals surface area contributed by atoms with Crippen LogP contribution in [-0.2, 0) is 10.8 Å². The van der Waals surface area contributed by atoms with Crippen molar-refractivity contribution in [3.63, 3.8) is 0 Å². The zero-order valence-corrected chi connectivity index (χ0v) is 29.7. The van der Waals surface area contributed by atoms with Crippen LogP contribution < -0.4 is 0 Å². The fraction of sp³-hybridized carbons (Fsp3) is 0.0377. The van der Waals surface area contributed by atoms with E-state index in [4.69, 9.17) is 4.98 Å². The average molecular weight is 686 g/mol. The first-order valence-corrected chi connectivity index (χ1v) is 18.8. The van der Waals surface area contributed by atoms with Gasteiger partial charge in [-0.2, -0.15) is 0 Å². The number of aromatic nitrogens is 1. The van der Waals surface area contributed by atoms with E-state index < -0.39 is 10.8 Å². The Morgan fingerprint density at radius 3 is 1.50 bits per heavy atom. The van der Waals surface area contributed by atoms with Crippen LogP contribution in [0.1, 0.15) is 44.5 Å². The molecular formula is C53H35N. The Balaban J connectivity index is 1.13. The monoisotopic (exact) mass is 685 g/mol. The van der Waals surface area contributed by atoms with Crippen molar-refractivity contribution in [2.75, 3.05) is 0 Å². The molecule has 0 amide bonds. The number of nitrogens with zero attached hydrogens (tertiary/aromatic N) is 1. The van der Waals surface area contributed by atoms with Gasteiger partial charge in [0.1, 0.15) is 0 Å². The Bertz CT molecular complexity index is 2850. The summed E-state index contributed by atoms with van der Waals surface area (Å²) < 4.78 is 0. The molecule has 2 unspecified atom stereocenters. The summed E-state index contributed by atoms with van der Waals surface area (Å²) in [5.41, 5.74) is 17.9. The molecule has 1 aromatic heterocycles. The first-order valence-electron chi connectivity index (χ1n) is 18.8. The zero-order valence-electron chi connectivity index (χ0n) is 29.7. The van der Waals surface area contributed by atoms with Crippen LogP contribution in [0.4, 0.5) is 0 Å². The van der Waals surface area contributed by atoms with Crippen molar-refractivity contribution in [3.8, 4) is 33.4 Å². The number of hydrogen-bond donors (Lipinski definition) is 0. The number of fused-ring (bicyclic) bond motifs is 6. The van der Waals surface area contributed by atoms with E-state index >= 15 is 0 Å². The third kappa shape index (κ3) is 4.12. The van der Waals surface area contributed by atoms with E-state index in [1.165, 1.54) is 72.3 Å². The summed E-state index contributed by atoms with van der Waals surface area (Å²) in [7, 11) is 0. The van der Waals surface area contributed by atoms with Gasteiger partial charge in [0, 0.05) is 17.1 Å². The van der Waals surface area contributed by atoms with Crippen LogP contribution >= 0.6 is 0 Å². The highest BCUT2D eigenvalue weighted by atomic mass is 14.6. The molecule has 0 aliphatic heterocycles. The second-order valence-electron chi connectivity index (χ2n) is 14.6. The number of rotatable bonds is 5. The van der Waals surface area contributed by atoms with Gasteiger partial charge in [-0.15, -0.1) is 0 Å². The molecule has 0 radical (unpaired) electrons. The average Bonchev–Trinajstić information content (AvgIpc) is 3.57. The van der Waals surface area contributed by atoms with Gasteiger partial charge in [-0.05, 0) is 78.4 Å². The summed E-state index contributed by atoms with van der Waals surface area (Å²) in [6.07, 6.45) is 1.87. The molecule has 9 aromatic rings. The molecule has 11 rings (SSSR count). The molecule has 1 nitrogen and oxygen atoms in total. The Morgan fingerprint density at radius 1 is 0.296 bits per heavy atom. The van der Waals surface area contributed by atoms with E-state index in [1.54, 1.807) is 0 Å². The minimum Gasteiger partial charge on any atom is -0.256 e. The molecule has 0 saturated carbocycles. The van der Waals surface area contributed by atoms with Gasteiger partial charge in [0.05, 0.1) is 16.3 Å². The summed E-state index contributed by atoms with van der Waals surface area (Å²) in [5.74, 6) is 0. The van der Waals surface area contributed by atoms with E-state index in [9.17, 15) is 0 Å². The Labute approximate surface area is 315 Å². The molecule has 0 fully saturated rings. The second-order valence-corrected chi connectivity index (χ2v) is 14.6. The van der Waals surface area contributed by atoms with Crippen molar-refractivity contribution in [1.82, 2.24) is 4.98 Å². The summed E-state index contributed by atoms with van der Waals surface area (Å²) >= 11 is 0. The van der Waals surface area contributed by atoms with Crippen LogP contribution in [0.5, 0.6) is 0 Å². The quantitative estimate of drug-likeness (QED) is 0.176. The lowest BCUT2D eigenvalue weighted by Gasteiger charge is -2.49. The maximum atomic E-state index is 4.70. The number of benzene rings is 8. The van der Waals surface area contributed by atoms with E-state index in [-0.39, 0.29) is 0 Å². The molecule has 2 atom stereocenters. The Hall–Kier alpha value is -6.83. The minimum atomic E-state index is -0.548. The second kappa shape index (κ2) is 11.8. The lowest BCUT2D eigenvalue weighted by Crippen LogP contribution is -2.44. The third-order valence-corrected chi connectivity index (χ3v) is 12.1. The molecule has 0 spiro atoms. The van der Waals surface area contributed by atoms with E-state index in [0.717, 1.165) is 16.5 Å². The van der Waals surface area contributed by atoms with Crippen molar-refractivity contribution >= 4 is 10.9 Å². The van der Waals surface area contributed by atoms with Gasteiger partial charge < -0.3 is 0 Å². The normalized spacial score (nSPS) is 17.8. The molecule has 1 heterocycles. The maximum absolute atomic E-state index is 4.70. The van der Waals surface area contributed by atoms with Crippen LogP contribution in [0.15, 0.2) is 212 Å². The van der Waals surface area contributed by atoms with Crippen molar-refractivity contribution in [1.29, 1.82) is 0 Å². The summed E-state index contributed by atoms with van der Waals surface area (Å²) in [6, 6.07) is 76.5. The van der Waals surface area contributed by atoms with Gasteiger partial charge in [0.25, 0.3) is 0 Å². The van der Waals surface area contributed by atoms with E-state index in [1.807, 2.05) is 12.3 Å². The topological polar surface area (TPSA) is 12.9 Å². The Morgan fingerprint density at radius 2 is 0.778 bits per heavy atom. The predicted octanol–water partition coefficient (Wildman–Crippen LogP) is 12.6. The van der Waals surface area contributed by atoms with Gasteiger partial charge in [-0.3, -0.25) is 4.98 Å². The fourth-order valence-corrected chi connectivity index (χ4v) is 9.95. The third-order valence-electron chi connectivity index (χ3n) is 12.1. The molecule has 8 aromatic carbocycles. The first kappa shape index (κ1) is 30.8. The van der Waals surface area contributed by atoms with Gasteiger partial charge >= 0.3 is 0 Å². The van der Waals surface area contributed by atoms with E-state index in [2.05, 4.69) is 200 Å². The minimum absolute atomic E-state index is 0.445. The predicted molar refractivity (Wildman–Crippen MR) is 222 cm³/mol.